The van der Waals surface area contributed by atoms with Crippen molar-refractivity contribution in [1.82, 2.24) is 19.9 Å². The summed E-state index contributed by atoms with van der Waals surface area (Å²) in [6.45, 7) is 0. The number of carbonyl (C=O) groups is 1. The highest BCUT2D eigenvalue weighted by atomic mass is 16.5. The Morgan fingerprint density at radius 3 is 2.29 bits per heavy atom. The fourth-order valence-corrected chi connectivity index (χ4v) is 2.58. The summed E-state index contributed by atoms with van der Waals surface area (Å²) in [7, 11) is 8.21. The monoisotopic (exact) mass is 382 g/mol. The third kappa shape index (κ3) is 3.88. The predicted molar refractivity (Wildman–Crippen MR) is 108 cm³/mol. The smallest absolute Gasteiger partial charge is 0.322 e. The Bertz CT molecular complexity index is 1000. The van der Waals surface area contributed by atoms with Gasteiger partial charge in [0.05, 0.1) is 14.2 Å². The number of amides is 2. The Labute approximate surface area is 162 Å². The van der Waals surface area contributed by atoms with E-state index in [-0.39, 0.29) is 6.03 Å². The Morgan fingerprint density at radius 2 is 1.71 bits per heavy atom. The van der Waals surface area contributed by atoms with Gasteiger partial charge in [0, 0.05) is 44.4 Å². The molecule has 2 aromatic heterocycles. The summed E-state index contributed by atoms with van der Waals surface area (Å²) in [5.41, 5.74) is 1.94. The summed E-state index contributed by atoms with van der Waals surface area (Å²) in [6, 6.07) is 7.05. The lowest BCUT2D eigenvalue weighted by molar-refractivity contribution is 0.230. The Kier molecular flexibility index (Phi) is 5.44. The highest BCUT2D eigenvalue weighted by molar-refractivity contribution is 5.96. The van der Waals surface area contributed by atoms with Crippen LogP contribution < -0.4 is 20.1 Å². The summed E-state index contributed by atoms with van der Waals surface area (Å²) in [6.07, 6.45) is 1.68. The van der Waals surface area contributed by atoms with Crippen molar-refractivity contribution in [3.05, 3.63) is 30.5 Å². The highest BCUT2D eigenvalue weighted by Gasteiger charge is 2.16. The number of rotatable bonds is 5. The lowest BCUT2D eigenvalue weighted by atomic mass is 10.0. The van der Waals surface area contributed by atoms with E-state index in [1.54, 1.807) is 47.6 Å². The van der Waals surface area contributed by atoms with Crippen LogP contribution in [0.3, 0.4) is 0 Å². The van der Waals surface area contributed by atoms with Crippen molar-refractivity contribution in [3.63, 3.8) is 0 Å². The maximum atomic E-state index is 12.3. The normalized spacial score (nSPS) is 10.5. The second-order valence-electron chi connectivity index (χ2n) is 6.17. The van der Waals surface area contributed by atoms with Crippen LogP contribution >= 0.6 is 0 Å². The number of ether oxygens (including phenoxy) is 2. The maximum Gasteiger partial charge on any atom is 0.322 e. The summed E-state index contributed by atoms with van der Waals surface area (Å²) in [5.74, 6) is 2.07. The van der Waals surface area contributed by atoms with Crippen molar-refractivity contribution >= 4 is 28.8 Å². The van der Waals surface area contributed by atoms with Gasteiger partial charge in [-0.25, -0.2) is 14.8 Å². The van der Waals surface area contributed by atoms with E-state index >= 15 is 0 Å². The minimum atomic E-state index is -0.300. The molecule has 3 aromatic rings. The van der Waals surface area contributed by atoms with Crippen LogP contribution in [0.4, 0.5) is 16.6 Å². The van der Waals surface area contributed by atoms with Crippen LogP contribution in [0.15, 0.2) is 30.5 Å². The fourth-order valence-electron chi connectivity index (χ4n) is 2.58. The SMILES string of the molecule is CNc1ncc2cc(-c3cc(OC)cc(OC)c3)c(NC(=O)N(C)C)nc2n1. The molecule has 0 aliphatic rings. The maximum absolute atomic E-state index is 12.3. The van der Waals surface area contributed by atoms with E-state index in [4.69, 9.17) is 9.47 Å². The van der Waals surface area contributed by atoms with E-state index in [1.807, 2.05) is 18.2 Å². The molecule has 0 unspecified atom stereocenters. The number of pyridine rings is 1. The largest absolute Gasteiger partial charge is 0.497 e. The molecule has 0 bridgehead atoms. The highest BCUT2D eigenvalue weighted by Crippen LogP contribution is 2.35. The molecule has 9 nitrogen and oxygen atoms in total. The van der Waals surface area contributed by atoms with Gasteiger partial charge in [-0.3, -0.25) is 5.32 Å². The Morgan fingerprint density at radius 1 is 1.04 bits per heavy atom. The zero-order valence-electron chi connectivity index (χ0n) is 16.4. The van der Waals surface area contributed by atoms with Crippen molar-refractivity contribution in [2.45, 2.75) is 0 Å². The van der Waals surface area contributed by atoms with Gasteiger partial charge in [0.25, 0.3) is 0 Å². The van der Waals surface area contributed by atoms with Gasteiger partial charge in [-0.05, 0) is 23.8 Å². The van der Waals surface area contributed by atoms with Crippen molar-refractivity contribution in [1.29, 1.82) is 0 Å². The Balaban J connectivity index is 2.22. The lowest BCUT2D eigenvalue weighted by Gasteiger charge is -2.16. The summed E-state index contributed by atoms with van der Waals surface area (Å²) in [4.78, 5) is 26.9. The first-order valence-electron chi connectivity index (χ1n) is 8.52. The van der Waals surface area contributed by atoms with Crippen LogP contribution in [0.25, 0.3) is 22.2 Å². The van der Waals surface area contributed by atoms with Crippen molar-refractivity contribution in [2.24, 2.45) is 0 Å². The topological polar surface area (TPSA) is 102 Å². The molecule has 28 heavy (non-hydrogen) atoms. The van der Waals surface area contributed by atoms with Gasteiger partial charge in [-0.1, -0.05) is 0 Å². The van der Waals surface area contributed by atoms with E-state index < -0.39 is 0 Å². The first-order chi connectivity index (χ1) is 13.4. The number of hydrogen-bond acceptors (Lipinski definition) is 7. The van der Waals surface area contributed by atoms with Gasteiger partial charge in [0.15, 0.2) is 5.65 Å². The molecule has 0 radical (unpaired) electrons. The van der Waals surface area contributed by atoms with Crippen molar-refractivity contribution in [2.75, 3.05) is 46.0 Å². The van der Waals surface area contributed by atoms with Crippen molar-refractivity contribution < 1.29 is 14.3 Å². The van der Waals surface area contributed by atoms with Crippen LogP contribution in [0, 0.1) is 0 Å². The van der Waals surface area contributed by atoms with E-state index in [0.717, 1.165) is 10.9 Å². The third-order valence-corrected chi connectivity index (χ3v) is 4.09. The van der Waals surface area contributed by atoms with Gasteiger partial charge in [0.2, 0.25) is 5.95 Å². The number of urea groups is 1. The number of anilines is 2. The van der Waals surface area contributed by atoms with Gasteiger partial charge in [-0.15, -0.1) is 0 Å². The fraction of sp³-hybridized carbons (Fsp3) is 0.263. The number of nitrogens with zero attached hydrogens (tertiary/aromatic N) is 4. The van der Waals surface area contributed by atoms with Crippen LogP contribution in [0.2, 0.25) is 0 Å². The molecule has 3 rings (SSSR count). The molecular weight excluding hydrogens is 360 g/mol. The molecule has 1 aromatic carbocycles. The van der Waals surface area contributed by atoms with Crippen LogP contribution in [0.5, 0.6) is 11.5 Å². The molecule has 0 aliphatic carbocycles. The second kappa shape index (κ2) is 7.95. The van der Waals surface area contributed by atoms with Crippen LogP contribution in [-0.2, 0) is 0 Å². The number of hydrogen-bond donors (Lipinski definition) is 2. The molecule has 9 heteroatoms. The average molecular weight is 382 g/mol. The number of aromatic nitrogens is 3. The predicted octanol–water partition coefficient (Wildman–Crippen LogP) is 2.84. The molecule has 2 heterocycles. The van der Waals surface area contributed by atoms with Gasteiger partial charge in [0.1, 0.15) is 17.3 Å². The molecule has 0 aliphatic heterocycles. The molecule has 0 fully saturated rings. The average Bonchev–Trinajstić information content (AvgIpc) is 2.72. The molecule has 0 atom stereocenters. The molecule has 0 saturated heterocycles. The van der Waals surface area contributed by atoms with Crippen molar-refractivity contribution in [3.8, 4) is 22.6 Å². The number of fused-ring (bicyclic) bond motifs is 1. The standard InChI is InChI=1S/C19H22N6O3/c1-20-18-21-10-12-8-15(11-6-13(27-4)9-14(7-11)28-5)17(22-16(12)23-18)24-19(26)25(2)3/h6-10H,1-5H3,(H2,20,21,22,23,24,26). The molecule has 2 amide bonds. The number of methoxy groups -OCH3 is 2. The molecule has 0 spiro atoms. The van der Waals surface area contributed by atoms with Gasteiger partial charge in [-0.2, -0.15) is 4.98 Å². The quantitative estimate of drug-likeness (QED) is 0.699. The zero-order valence-corrected chi connectivity index (χ0v) is 16.4. The number of nitrogens with one attached hydrogen (secondary N) is 2. The first-order valence-corrected chi connectivity index (χ1v) is 8.52. The van der Waals surface area contributed by atoms with Crippen LogP contribution in [-0.4, -0.2) is 61.2 Å². The number of carbonyl (C=O) groups excluding carboxylic acids is 1. The van der Waals surface area contributed by atoms with E-state index in [0.29, 0.717) is 34.5 Å². The minimum absolute atomic E-state index is 0.300. The van der Waals surface area contributed by atoms with E-state index in [9.17, 15) is 4.79 Å². The number of benzene rings is 1. The second-order valence-corrected chi connectivity index (χ2v) is 6.17. The summed E-state index contributed by atoms with van der Waals surface area (Å²) < 4.78 is 10.7. The lowest BCUT2D eigenvalue weighted by Crippen LogP contribution is -2.28. The Hall–Kier alpha value is -3.62. The zero-order chi connectivity index (χ0) is 20.3. The van der Waals surface area contributed by atoms with E-state index in [2.05, 4.69) is 25.6 Å². The van der Waals surface area contributed by atoms with E-state index in [1.165, 1.54) is 4.90 Å². The molecule has 146 valence electrons. The third-order valence-electron chi connectivity index (χ3n) is 4.09. The summed E-state index contributed by atoms with van der Waals surface area (Å²) in [5, 5.41) is 6.44. The van der Waals surface area contributed by atoms with Crippen LogP contribution in [0.1, 0.15) is 0 Å². The van der Waals surface area contributed by atoms with Gasteiger partial charge < -0.3 is 19.7 Å². The molecular formula is C19H22N6O3. The van der Waals surface area contributed by atoms with Gasteiger partial charge >= 0.3 is 6.03 Å². The first kappa shape index (κ1) is 19.2. The molecule has 2 N–H and O–H groups in total. The molecule has 0 saturated carbocycles. The minimum Gasteiger partial charge on any atom is -0.497 e. The summed E-state index contributed by atoms with van der Waals surface area (Å²) >= 11 is 0.